The van der Waals surface area contributed by atoms with Crippen LogP contribution in [0.5, 0.6) is 0 Å². The Morgan fingerprint density at radius 3 is 0.769 bits per heavy atom. The van der Waals surface area contributed by atoms with Crippen molar-refractivity contribution >= 4 is 15.9 Å². The average molecular weight is 636 g/mol. The van der Waals surface area contributed by atoms with Gasteiger partial charge in [0.15, 0.2) is 0 Å². The fourth-order valence-electron chi connectivity index (χ4n) is 2.66. The Kier molecular flexibility index (Phi) is 36.1. The lowest BCUT2D eigenvalue weighted by molar-refractivity contribution is -0.0277. The molecule has 1 unspecified atom stereocenters. The molecule has 0 bridgehead atoms. The summed E-state index contributed by atoms with van der Waals surface area (Å²) >= 11 is 3.30. The van der Waals surface area contributed by atoms with Gasteiger partial charge in [0.1, 0.15) is 0 Å². The molecule has 0 rings (SSSR count). The van der Waals surface area contributed by atoms with Crippen molar-refractivity contribution in [2.45, 2.75) is 20.3 Å². The summed E-state index contributed by atoms with van der Waals surface area (Å²) in [6.07, 6.45) is 1.14. The summed E-state index contributed by atoms with van der Waals surface area (Å²) in [5.74, 6) is 0.601. The fraction of sp³-hybridized carbons (Fsp3) is 1.00. The van der Waals surface area contributed by atoms with Crippen LogP contribution in [-0.2, 0) is 52.1 Å². The number of halogens is 1. The first-order valence-electron chi connectivity index (χ1n) is 14.2. The predicted octanol–water partition coefficient (Wildman–Crippen LogP) is 2.61. The van der Waals surface area contributed by atoms with Crippen molar-refractivity contribution < 1.29 is 52.1 Å². The van der Waals surface area contributed by atoms with Crippen LogP contribution in [0, 0.1) is 5.92 Å². The lowest BCUT2D eigenvalue weighted by Gasteiger charge is -2.10. The SMILES string of the molecule is CCC(C)COCCOCCOCCOCCOCCOCCOCCOCCOCCOCCOCCBr. The molecule has 0 aliphatic rings. The van der Waals surface area contributed by atoms with Crippen molar-refractivity contribution in [2.24, 2.45) is 5.92 Å². The van der Waals surface area contributed by atoms with Crippen molar-refractivity contribution in [3.8, 4) is 0 Å². The minimum atomic E-state index is 0.524. The molecule has 1 atom stereocenters. The Labute approximate surface area is 244 Å². The monoisotopic (exact) mass is 634 g/mol. The lowest BCUT2D eigenvalue weighted by atomic mass is 10.1. The van der Waals surface area contributed by atoms with E-state index in [0.29, 0.717) is 145 Å². The summed E-state index contributed by atoms with van der Waals surface area (Å²) in [4.78, 5) is 0. The third-order valence-electron chi connectivity index (χ3n) is 5.04. The number of rotatable bonds is 35. The van der Waals surface area contributed by atoms with Gasteiger partial charge in [-0.3, -0.25) is 0 Å². The smallest absolute Gasteiger partial charge is 0.0701 e. The summed E-state index contributed by atoms with van der Waals surface area (Å²) in [6, 6.07) is 0. The molecule has 0 N–H and O–H groups in total. The zero-order chi connectivity index (χ0) is 28.3. The Morgan fingerprint density at radius 2 is 0.564 bits per heavy atom. The van der Waals surface area contributed by atoms with E-state index in [1.165, 1.54) is 0 Å². The molecular formula is C27H55BrO11. The quantitative estimate of drug-likeness (QED) is 0.0759. The van der Waals surface area contributed by atoms with E-state index in [1.54, 1.807) is 0 Å². The van der Waals surface area contributed by atoms with E-state index < -0.39 is 0 Å². The molecule has 0 heterocycles. The number of hydrogen-bond donors (Lipinski definition) is 0. The van der Waals surface area contributed by atoms with E-state index in [4.69, 9.17) is 52.1 Å². The van der Waals surface area contributed by atoms with Crippen LogP contribution in [0.25, 0.3) is 0 Å². The third-order valence-corrected chi connectivity index (χ3v) is 5.36. The average Bonchev–Trinajstić information content (AvgIpc) is 2.95. The Bertz CT molecular complexity index is 439. The fourth-order valence-corrected chi connectivity index (χ4v) is 2.88. The van der Waals surface area contributed by atoms with Crippen molar-refractivity contribution in [1.29, 1.82) is 0 Å². The van der Waals surface area contributed by atoms with Crippen LogP contribution in [0.1, 0.15) is 20.3 Å². The van der Waals surface area contributed by atoms with Crippen molar-refractivity contribution in [3.63, 3.8) is 0 Å². The van der Waals surface area contributed by atoms with Crippen LogP contribution in [0.2, 0.25) is 0 Å². The van der Waals surface area contributed by atoms with Crippen LogP contribution in [0.15, 0.2) is 0 Å². The van der Waals surface area contributed by atoms with Gasteiger partial charge in [0.2, 0.25) is 0 Å². The predicted molar refractivity (Wildman–Crippen MR) is 152 cm³/mol. The van der Waals surface area contributed by atoms with Gasteiger partial charge in [0.25, 0.3) is 0 Å². The van der Waals surface area contributed by atoms with Crippen LogP contribution < -0.4 is 0 Å². The summed E-state index contributed by atoms with van der Waals surface area (Å²) < 4.78 is 59.9. The highest BCUT2D eigenvalue weighted by Gasteiger charge is 1.98. The van der Waals surface area contributed by atoms with Gasteiger partial charge in [0.05, 0.1) is 139 Å². The summed E-state index contributed by atoms with van der Waals surface area (Å²) in [5.41, 5.74) is 0. The molecule has 11 nitrogen and oxygen atoms in total. The zero-order valence-corrected chi connectivity index (χ0v) is 26.0. The molecule has 0 aromatic carbocycles. The van der Waals surface area contributed by atoms with Crippen LogP contribution in [0.4, 0.5) is 0 Å². The van der Waals surface area contributed by atoms with Gasteiger partial charge < -0.3 is 52.1 Å². The van der Waals surface area contributed by atoms with E-state index in [2.05, 4.69) is 29.8 Å². The van der Waals surface area contributed by atoms with Crippen LogP contribution in [0.3, 0.4) is 0 Å². The molecule has 0 spiro atoms. The Morgan fingerprint density at radius 1 is 0.359 bits per heavy atom. The summed E-state index contributed by atoms with van der Waals surface area (Å²) in [7, 11) is 0. The second-order valence-corrected chi connectivity index (χ2v) is 9.19. The van der Waals surface area contributed by atoms with Crippen LogP contribution in [-0.4, -0.2) is 151 Å². The van der Waals surface area contributed by atoms with Gasteiger partial charge >= 0.3 is 0 Å². The highest BCUT2D eigenvalue weighted by Crippen LogP contribution is 2.00. The minimum Gasteiger partial charge on any atom is -0.379 e. The Balaban J connectivity index is 3.03. The van der Waals surface area contributed by atoms with Gasteiger partial charge in [-0.15, -0.1) is 0 Å². The van der Waals surface area contributed by atoms with Crippen molar-refractivity contribution in [2.75, 3.05) is 151 Å². The maximum atomic E-state index is 5.53. The zero-order valence-electron chi connectivity index (χ0n) is 24.4. The number of ether oxygens (including phenoxy) is 11. The molecule has 0 saturated heterocycles. The minimum absolute atomic E-state index is 0.524. The number of alkyl halides is 1. The van der Waals surface area contributed by atoms with E-state index >= 15 is 0 Å². The number of hydrogen-bond acceptors (Lipinski definition) is 11. The standard InChI is InChI=1S/C27H55BrO11/c1-3-27(2)26-39-25-24-38-23-22-37-21-20-36-19-18-35-17-16-34-15-14-33-13-12-32-11-10-31-9-8-30-7-6-29-5-4-28/h27H,3-26H2,1-2H3. The molecule has 0 saturated carbocycles. The van der Waals surface area contributed by atoms with E-state index in [9.17, 15) is 0 Å². The molecule has 0 fully saturated rings. The molecule has 0 radical (unpaired) electrons. The largest absolute Gasteiger partial charge is 0.379 e. The van der Waals surface area contributed by atoms with Gasteiger partial charge in [-0.25, -0.2) is 0 Å². The first-order valence-corrected chi connectivity index (χ1v) is 15.3. The lowest BCUT2D eigenvalue weighted by Crippen LogP contribution is -2.15. The maximum absolute atomic E-state index is 5.53. The van der Waals surface area contributed by atoms with Gasteiger partial charge in [0, 0.05) is 11.9 Å². The molecule has 0 aliphatic heterocycles. The molecule has 236 valence electrons. The van der Waals surface area contributed by atoms with E-state index in [-0.39, 0.29) is 0 Å². The normalized spacial score (nSPS) is 12.4. The van der Waals surface area contributed by atoms with E-state index in [0.717, 1.165) is 18.4 Å². The van der Waals surface area contributed by atoms with Crippen molar-refractivity contribution in [3.05, 3.63) is 0 Å². The highest BCUT2D eigenvalue weighted by molar-refractivity contribution is 9.09. The first kappa shape index (κ1) is 39.0. The summed E-state index contributed by atoms with van der Waals surface area (Å²) in [6.45, 7) is 16.8. The molecule has 0 aromatic rings. The third kappa shape index (κ3) is 36.0. The van der Waals surface area contributed by atoms with Gasteiger partial charge in [-0.1, -0.05) is 36.2 Å². The van der Waals surface area contributed by atoms with Gasteiger partial charge in [-0.2, -0.15) is 0 Å². The van der Waals surface area contributed by atoms with Crippen LogP contribution >= 0.6 is 15.9 Å². The first-order chi connectivity index (χ1) is 19.3. The Hall–Kier alpha value is 0.0400. The topological polar surface area (TPSA) is 102 Å². The highest BCUT2D eigenvalue weighted by atomic mass is 79.9. The molecular weight excluding hydrogens is 580 g/mol. The molecule has 12 heteroatoms. The molecule has 0 amide bonds. The molecule has 0 aromatic heterocycles. The molecule has 0 aliphatic carbocycles. The second-order valence-electron chi connectivity index (χ2n) is 8.40. The maximum Gasteiger partial charge on any atom is 0.0701 e. The van der Waals surface area contributed by atoms with Crippen molar-refractivity contribution in [1.82, 2.24) is 0 Å². The molecule has 39 heavy (non-hydrogen) atoms. The van der Waals surface area contributed by atoms with Gasteiger partial charge in [-0.05, 0) is 5.92 Å². The second kappa shape index (κ2) is 36.1. The summed E-state index contributed by atoms with van der Waals surface area (Å²) in [5, 5.41) is 0.841. The van der Waals surface area contributed by atoms with E-state index in [1.807, 2.05) is 0 Å².